The molecular formula is C16H31FO2. The third-order valence-corrected chi connectivity index (χ3v) is 3.30. The van der Waals surface area contributed by atoms with Gasteiger partial charge >= 0.3 is 5.97 Å². The number of unbranched alkanes of at least 4 members (excludes halogenated alkanes) is 6. The van der Waals surface area contributed by atoms with E-state index in [0.717, 1.165) is 32.1 Å². The number of alkyl halides is 1. The summed E-state index contributed by atoms with van der Waals surface area (Å²) >= 11 is 0. The fourth-order valence-corrected chi connectivity index (χ4v) is 2.01. The summed E-state index contributed by atoms with van der Waals surface area (Å²) in [5.41, 5.74) is 0. The lowest BCUT2D eigenvalue weighted by atomic mass is 10.1. The van der Waals surface area contributed by atoms with Crippen molar-refractivity contribution >= 4 is 5.97 Å². The van der Waals surface area contributed by atoms with E-state index in [4.69, 9.17) is 4.74 Å². The van der Waals surface area contributed by atoms with E-state index in [1.54, 1.807) is 0 Å². The molecule has 0 radical (unpaired) electrons. The van der Waals surface area contributed by atoms with Crippen LogP contribution in [0.1, 0.15) is 84.5 Å². The van der Waals surface area contributed by atoms with E-state index in [2.05, 4.69) is 13.8 Å². The second kappa shape index (κ2) is 13.8. The number of halogens is 1. The number of carbonyl (C=O) groups is 1. The van der Waals surface area contributed by atoms with Crippen LogP contribution in [0.5, 0.6) is 0 Å². The summed E-state index contributed by atoms with van der Waals surface area (Å²) in [6, 6.07) is 0. The predicted molar refractivity (Wildman–Crippen MR) is 78.0 cm³/mol. The van der Waals surface area contributed by atoms with Crippen LogP contribution in [0.2, 0.25) is 0 Å². The summed E-state index contributed by atoms with van der Waals surface area (Å²) in [5, 5.41) is 0. The van der Waals surface area contributed by atoms with E-state index in [0.29, 0.717) is 19.3 Å². The molecule has 0 amide bonds. The van der Waals surface area contributed by atoms with Crippen LogP contribution in [-0.2, 0) is 9.53 Å². The van der Waals surface area contributed by atoms with E-state index >= 15 is 0 Å². The zero-order valence-electron chi connectivity index (χ0n) is 12.8. The minimum absolute atomic E-state index is 0.169. The third kappa shape index (κ3) is 13.6. The highest BCUT2D eigenvalue weighted by Crippen LogP contribution is 2.11. The first-order chi connectivity index (χ1) is 9.20. The molecule has 0 aliphatic rings. The Bertz CT molecular complexity index is 207. The molecular weight excluding hydrogens is 243 g/mol. The van der Waals surface area contributed by atoms with Crippen LogP contribution in [0.3, 0.4) is 0 Å². The molecule has 0 aliphatic carbocycles. The van der Waals surface area contributed by atoms with E-state index in [1.165, 1.54) is 19.3 Å². The van der Waals surface area contributed by atoms with Crippen LogP contribution in [0.25, 0.3) is 0 Å². The van der Waals surface area contributed by atoms with Gasteiger partial charge in [0.05, 0.1) is 6.61 Å². The molecule has 0 aromatic rings. The van der Waals surface area contributed by atoms with Gasteiger partial charge in [0, 0.05) is 12.8 Å². The van der Waals surface area contributed by atoms with Crippen LogP contribution in [0.15, 0.2) is 0 Å². The molecule has 0 aliphatic heterocycles. The van der Waals surface area contributed by atoms with Crippen LogP contribution in [0.4, 0.5) is 4.39 Å². The minimum atomic E-state index is -0.816. The van der Waals surface area contributed by atoms with Gasteiger partial charge in [-0.2, -0.15) is 0 Å². The van der Waals surface area contributed by atoms with Gasteiger partial charge in [-0.15, -0.1) is 0 Å². The maximum Gasteiger partial charge on any atom is 0.305 e. The molecule has 1 unspecified atom stereocenters. The molecule has 3 heteroatoms. The van der Waals surface area contributed by atoms with Gasteiger partial charge in [0.1, 0.15) is 6.17 Å². The van der Waals surface area contributed by atoms with Crippen molar-refractivity contribution < 1.29 is 13.9 Å². The summed E-state index contributed by atoms with van der Waals surface area (Å²) < 4.78 is 18.4. The number of carbonyl (C=O) groups excluding carboxylic acids is 1. The number of hydrogen-bond donors (Lipinski definition) is 0. The number of esters is 1. The Labute approximate surface area is 118 Å². The van der Waals surface area contributed by atoms with Crippen molar-refractivity contribution in [3.63, 3.8) is 0 Å². The Kier molecular flexibility index (Phi) is 13.4. The minimum Gasteiger partial charge on any atom is -0.466 e. The zero-order valence-corrected chi connectivity index (χ0v) is 12.8. The summed E-state index contributed by atoms with van der Waals surface area (Å²) in [6.07, 6.45) is 9.36. The van der Waals surface area contributed by atoms with Gasteiger partial charge in [0.2, 0.25) is 0 Å². The number of ether oxygens (including phenoxy) is 1. The SMILES string of the molecule is CCCCCCCC(=O)OCCC(F)CCCCC. The van der Waals surface area contributed by atoms with E-state index in [9.17, 15) is 9.18 Å². The molecule has 0 saturated heterocycles. The van der Waals surface area contributed by atoms with Gasteiger partial charge in [-0.1, -0.05) is 58.8 Å². The molecule has 0 heterocycles. The van der Waals surface area contributed by atoms with Crippen molar-refractivity contribution in [2.75, 3.05) is 6.61 Å². The highest BCUT2D eigenvalue weighted by atomic mass is 19.1. The van der Waals surface area contributed by atoms with E-state index in [1.807, 2.05) is 0 Å². The third-order valence-electron chi connectivity index (χ3n) is 3.30. The fraction of sp³-hybridized carbons (Fsp3) is 0.938. The lowest BCUT2D eigenvalue weighted by molar-refractivity contribution is -0.144. The molecule has 0 rings (SSSR count). The summed E-state index contributed by atoms with van der Waals surface area (Å²) in [7, 11) is 0. The molecule has 0 spiro atoms. The highest BCUT2D eigenvalue weighted by Gasteiger charge is 2.08. The highest BCUT2D eigenvalue weighted by molar-refractivity contribution is 5.69. The standard InChI is InChI=1S/C16H31FO2/c1-3-5-7-8-10-12-16(18)19-14-13-15(17)11-9-6-4-2/h15H,3-14H2,1-2H3. The Morgan fingerprint density at radius 2 is 1.58 bits per heavy atom. The second-order valence-electron chi connectivity index (χ2n) is 5.27. The van der Waals surface area contributed by atoms with Crippen molar-refractivity contribution in [3.05, 3.63) is 0 Å². The van der Waals surface area contributed by atoms with Gasteiger partial charge in [-0.05, 0) is 12.8 Å². The van der Waals surface area contributed by atoms with Crippen LogP contribution < -0.4 is 0 Å². The first-order valence-corrected chi connectivity index (χ1v) is 8.00. The van der Waals surface area contributed by atoms with Gasteiger partial charge < -0.3 is 4.74 Å². The van der Waals surface area contributed by atoms with Crippen molar-refractivity contribution in [3.8, 4) is 0 Å². The average molecular weight is 274 g/mol. The number of hydrogen-bond acceptors (Lipinski definition) is 2. The van der Waals surface area contributed by atoms with Crippen molar-refractivity contribution in [1.82, 2.24) is 0 Å². The summed E-state index contributed by atoms with van der Waals surface area (Å²) in [6.45, 7) is 4.51. The molecule has 0 aromatic heterocycles. The second-order valence-corrected chi connectivity index (χ2v) is 5.27. The van der Waals surface area contributed by atoms with Gasteiger partial charge in [-0.3, -0.25) is 4.79 Å². The quantitative estimate of drug-likeness (QED) is 0.341. The van der Waals surface area contributed by atoms with Crippen molar-refractivity contribution in [2.24, 2.45) is 0 Å². The maximum absolute atomic E-state index is 13.4. The Balaban J connectivity index is 3.32. The number of rotatable bonds is 13. The largest absolute Gasteiger partial charge is 0.466 e. The summed E-state index contributed by atoms with van der Waals surface area (Å²) in [5.74, 6) is -0.169. The zero-order chi connectivity index (χ0) is 14.3. The topological polar surface area (TPSA) is 26.3 Å². The molecule has 2 nitrogen and oxygen atoms in total. The average Bonchev–Trinajstić information content (AvgIpc) is 2.39. The summed E-state index contributed by atoms with van der Waals surface area (Å²) in [4.78, 5) is 11.4. The Morgan fingerprint density at radius 3 is 2.26 bits per heavy atom. The molecule has 0 bridgehead atoms. The molecule has 1 atom stereocenters. The normalized spacial score (nSPS) is 12.4. The Morgan fingerprint density at radius 1 is 0.947 bits per heavy atom. The van der Waals surface area contributed by atoms with Gasteiger partial charge in [0.25, 0.3) is 0 Å². The van der Waals surface area contributed by atoms with Crippen LogP contribution >= 0.6 is 0 Å². The molecule has 0 aromatic carbocycles. The maximum atomic E-state index is 13.4. The fourth-order valence-electron chi connectivity index (χ4n) is 2.01. The monoisotopic (exact) mass is 274 g/mol. The van der Waals surface area contributed by atoms with Crippen LogP contribution in [-0.4, -0.2) is 18.7 Å². The lowest BCUT2D eigenvalue weighted by Gasteiger charge is -2.08. The van der Waals surface area contributed by atoms with Gasteiger partial charge in [-0.25, -0.2) is 4.39 Å². The predicted octanol–water partition coefficient (Wildman–Crippen LogP) is 5.20. The molecule has 0 saturated carbocycles. The molecule has 0 N–H and O–H groups in total. The van der Waals surface area contributed by atoms with Crippen molar-refractivity contribution in [1.29, 1.82) is 0 Å². The smallest absolute Gasteiger partial charge is 0.305 e. The first-order valence-electron chi connectivity index (χ1n) is 8.00. The first kappa shape index (κ1) is 18.4. The van der Waals surface area contributed by atoms with Gasteiger partial charge in [0.15, 0.2) is 0 Å². The Hall–Kier alpha value is -0.600. The van der Waals surface area contributed by atoms with E-state index in [-0.39, 0.29) is 12.6 Å². The van der Waals surface area contributed by atoms with Crippen LogP contribution in [0, 0.1) is 0 Å². The molecule has 19 heavy (non-hydrogen) atoms. The molecule has 0 fully saturated rings. The molecule has 114 valence electrons. The van der Waals surface area contributed by atoms with Crippen molar-refractivity contribution in [2.45, 2.75) is 90.6 Å². The van der Waals surface area contributed by atoms with E-state index < -0.39 is 6.17 Å². The lowest BCUT2D eigenvalue weighted by Crippen LogP contribution is -2.10.